The second-order valence-corrected chi connectivity index (χ2v) is 7.96. The first kappa shape index (κ1) is 19.6. The average molecular weight is 365 g/mol. The van der Waals surface area contributed by atoms with Gasteiger partial charge in [-0.3, -0.25) is 4.79 Å². The summed E-state index contributed by atoms with van der Waals surface area (Å²) >= 11 is 0. The molecule has 3 heteroatoms. The van der Waals surface area contributed by atoms with Crippen molar-refractivity contribution in [3.8, 4) is 0 Å². The van der Waals surface area contributed by atoms with Gasteiger partial charge in [-0.25, -0.2) is 0 Å². The summed E-state index contributed by atoms with van der Waals surface area (Å²) in [6, 6.07) is 20.5. The molecule has 4 atom stereocenters. The van der Waals surface area contributed by atoms with Crippen molar-refractivity contribution in [2.45, 2.75) is 39.0 Å². The van der Waals surface area contributed by atoms with Crippen LogP contribution in [0.15, 0.2) is 60.7 Å². The summed E-state index contributed by atoms with van der Waals surface area (Å²) in [5.74, 6) is 1.68. The van der Waals surface area contributed by atoms with Gasteiger partial charge in [0.2, 0.25) is 5.91 Å². The summed E-state index contributed by atoms with van der Waals surface area (Å²) in [5.41, 5.74) is 2.25. The molecule has 0 saturated carbocycles. The number of rotatable bonds is 7. The topological polar surface area (TPSA) is 41.1 Å². The average Bonchev–Trinajstić information content (AvgIpc) is 2.73. The molecule has 1 aliphatic heterocycles. The third kappa shape index (κ3) is 5.43. The molecule has 0 aromatic heterocycles. The van der Waals surface area contributed by atoms with Gasteiger partial charge in [0, 0.05) is 11.6 Å². The van der Waals surface area contributed by atoms with Crippen molar-refractivity contribution < 1.29 is 4.79 Å². The zero-order valence-electron chi connectivity index (χ0n) is 16.5. The van der Waals surface area contributed by atoms with Crippen molar-refractivity contribution in [1.82, 2.24) is 5.32 Å². The van der Waals surface area contributed by atoms with Crippen molar-refractivity contribution in [3.63, 3.8) is 0 Å². The van der Waals surface area contributed by atoms with Crippen molar-refractivity contribution in [3.05, 3.63) is 66.2 Å². The molecule has 0 bridgehead atoms. The van der Waals surface area contributed by atoms with Crippen molar-refractivity contribution in [1.29, 1.82) is 0 Å². The van der Waals surface area contributed by atoms with Crippen LogP contribution in [0.4, 0.5) is 5.69 Å². The van der Waals surface area contributed by atoms with Crippen LogP contribution in [0.1, 0.15) is 44.6 Å². The molecule has 1 fully saturated rings. The maximum absolute atomic E-state index is 12.8. The maximum Gasteiger partial charge on any atom is 0.227 e. The second kappa shape index (κ2) is 9.70. The largest absolute Gasteiger partial charge is 0.326 e. The van der Waals surface area contributed by atoms with Gasteiger partial charge in [0.05, 0.1) is 0 Å². The van der Waals surface area contributed by atoms with Crippen LogP contribution in [0, 0.1) is 17.8 Å². The first-order valence-electron chi connectivity index (χ1n) is 10.3. The van der Waals surface area contributed by atoms with E-state index in [4.69, 9.17) is 0 Å². The summed E-state index contributed by atoms with van der Waals surface area (Å²) in [6.07, 6.45) is 3.40. The molecule has 27 heavy (non-hydrogen) atoms. The zero-order valence-corrected chi connectivity index (χ0v) is 16.5. The van der Waals surface area contributed by atoms with Crippen LogP contribution in [-0.2, 0) is 4.79 Å². The highest BCUT2D eigenvalue weighted by Gasteiger charge is 2.31. The van der Waals surface area contributed by atoms with Crippen LogP contribution in [0.25, 0.3) is 0 Å². The van der Waals surface area contributed by atoms with E-state index in [1.54, 1.807) is 0 Å². The van der Waals surface area contributed by atoms with Gasteiger partial charge >= 0.3 is 0 Å². The fourth-order valence-electron chi connectivity index (χ4n) is 4.36. The highest BCUT2D eigenvalue weighted by Crippen LogP contribution is 2.37. The molecular weight excluding hydrogens is 332 g/mol. The van der Waals surface area contributed by atoms with Crippen molar-refractivity contribution in [2.24, 2.45) is 17.8 Å². The zero-order chi connectivity index (χ0) is 19.1. The number of hydrogen-bond donors (Lipinski definition) is 2. The van der Waals surface area contributed by atoms with E-state index in [1.807, 2.05) is 30.3 Å². The Balaban J connectivity index is 1.71. The lowest BCUT2D eigenvalue weighted by Gasteiger charge is -2.36. The quantitative estimate of drug-likeness (QED) is 0.720. The van der Waals surface area contributed by atoms with Crippen LogP contribution < -0.4 is 10.6 Å². The van der Waals surface area contributed by atoms with Crippen molar-refractivity contribution >= 4 is 11.6 Å². The lowest BCUT2D eigenvalue weighted by Crippen LogP contribution is -2.37. The Hall–Kier alpha value is -2.13. The Kier molecular flexibility index (Phi) is 7.05. The number of nitrogens with one attached hydrogen (secondary N) is 2. The molecule has 1 saturated heterocycles. The van der Waals surface area contributed by atoms with Gasteiger partial charge in [-0.1, -0.05) is 62.4 Å². The third-order valence-corrected chi connectivity index (χ3v) is 6.02. The van der Waals surface area contributed by atoms with E-state index in [1.165, 1.54) is 18.4 Å². The molecule has 2 aromatic carbocycles. The molecule has 2 aromatic rings. The lowest BCUT2D eigenvalue weighted by molar-refractivity contribution is -0.120. The highest BCUT2D eigenvalue weighted by molar-refractivity contribution is 5.92. The van der Waals surface area contributed by atoms with E-state index in [0.717, 1.165) is 25.2 Å². The molecule has 2 N–H and O–H groups in total. The molecule has 3 rings (SSSR count). The maximum atomic E-state index is 12.8. The summed E-state index contributed by atoms with van der Waals surface area (Å²) in [5, 5.41) is 6.64. The van der Waals surface area contributed by atoms with Gasteiger partial charge in [0.15, 0.2) is 0 Å². The minimum atomic E-state index is -0.0108. The van der Waals surface area contributed by atoms with Gasteiger partial charge < -0.3 is 10.6 Å². The first-order chi connectivity index (χ1) is 13.1. The number of benzene rings is 2. The van der Waals surface area contributed by atoms with Crippen LogP contribution in [-0.4, -0.2) is 19.0 Å². The molecule has 4 unspecified atom stereocenters. The number of piperidine rings is 1. The standard InChI is InChI=1S/C24H32N2O/c1-18(24(27)26-22-13-7-4-8-14-22)16-23(21-12-9-15-25-17-21)19(2)20-10-5-3-6-11-20/h3-8,10-11,13-14,18-19,21,23,25H,9,12,15-17H2,1-2H3,(H,26,27). The number of anilines is 1. The number of para-hydroxylation sites is 1. The van der Waals surface area contributed by atoms with E-state index in [9.17, 15) is 4.79 Å². The molecule has 0 radical (unpaired) electrons. The summed E-state index contributed by atoms with van der Waals surface area (Å²) in [7, 11) is 0. The first-order valence-corrected chi connectivity index (χ1v) is 10.3. The van der Waals surface area contributed by atoms with Gasteiger partial charge in [-0.05, 0) is 67.8 Å². The van der Waals surface area contributed by atoms with E-state index in [-0.39, 0.29) is 11.8 Å². The lowest BCUT2D eigenvalue weighted by atomic mass is 9.72. The highest BCUT2D eigenvalue weighted by atomic mass is 16.1. The SMILES string of the molecule is CC(CC(C1CCCNC1)C(C)c1ccccc1)C(=O)Nc1ccccc1. The molecule has 0 aliphatic carbocycles. The van der Waals surface area contributed by atoms with E-state index < -0.39 is 0 Å². The smallest absolute Gasteiger partial charge is 0.227 e. The second-order valence-electron chi connectivity index (χ2n) is 7.96. The normalized spacial score (nSPS) is 20.4. The van der Waals surface area contributed by atoms with Crippen LogP contribution >= 0.6 is 0 Å². The molecule has 1 aliphatic rings. The Labute approximate surface area is 163 Å². The van der Waals surface area contributed by atoms with Crippen LogP contribution in [0.5, 0.6) is 0 Å². The monoisotopic (exact) mass is 364 g/mol. The van der Waals surface area contributed by atoms with Crippen molar-refractivity contribution in [2.75, 3.05) is 18.4 Å². The Morgan fingerprint density at radius 2 is 1.74 bits per heavy atom. The molecule has 144 valence electrons. The van der Waals surface area contributed by atoms with E-state index in [2.05, 4.69) is 54.8 Å². The Bertz CT molecular complexity index is 695. The fraction of sp³-hybridized carbons (Fsp3) is 0.458. The van der Waals surface area contributed by atoms with Gasteiger partial charge in [0.1, 0.15) is 0 Å². The number of carbonyl (C=O) groups is 1. The van der Waals surface area contributed by atoms with Gasteiger partial charge in [0.25, 0.3) is 0 Å². The number of amides is 1. The van der Waals surface area contributed by atoms with Crippen LogP contribution in [0.2, 0.25) is 0 Å². The Morgan fingerprint density at radius 3 is 2.37 bits per heavy atom. The van der Waals surface area contributed by atoms with Gasteiger partial charge in [-0.2, -0.15) is 0 Å². The fourth-order valence-corrected chi connectivity index (χ4v) is 4.36. The summed E-state index contributed by atoms with van der Waals surface area (Å²) < 4.78 is 0. The summed E-state index contributed by atoms with van der Waals surface area (Å²) in [6.45, 7) is 6.58. The third-order valence-electron chi connectivity index (χ3n) is 6.02. The molecule has 1 amide bonds. The predicted octanol–water partition coefficient (Wildman–Crippen LogP) is 5.07. The van der Waals surface area contributed by atoms with Gasteiger partial charge in [-0.15, -0.1) is 0 Å². The molecule has 0 spiro atoms. The summed E-state index contributed by atoms with van der Waals surface area (Å²) in [4.78, 5) is 12.8. The molecular formula is C24H32N2O. The minimum Gasteiger partial charge on any atom is -0.326 e. The number of hydrogen-bond acceptors (Lipinski definition) is 2. The molecule has 3 nitrogen and oxygen atoms in total. The predicted molar refractivity (Wildman–Crippen MR) is 113 cm³/mol. The van der Waals surface area contributed by atoms with E-state index >= 15 is 0 Å². The molecule has 1 heterocycles. The van der Waals surface area contributed by atoms with Crippen LogP contribution in [0.3, 0.4) is 0 Å². The minimum absolute atomic E-state index is 0.0108. The van der Waals surface area contributed by atoms with E-state index in [0.29, 0.717) is 17.8 Å². The number of carbonyl (C=O) groups excluding carboxylic acids is 1. The Morgan fingerprint density at radius 1 is 1.07 bits per heavy atom.